The summed E-state index contributed by atoms with van der Waals surface area (Å²) in [5.74, 6) is -4.44. The van der Waals surface area contributed by atoms with Crippen molar-refractivity contribution in [2.45, 2.75) is 62.2 Å². The van der Waals surface area contributed by atoms with Crippen LogP contribution >= 0.6 is 0 Å². The lowest BCUT2D eigenvalue weighted by Crippen LogP contribution is -2.36. The van der Waals surface area contributed by atoms with E-state index in [4.69, 9.17) is 20.2 Å². The molecular weight excluding hydrogens is 486 g/mol. The third-order valence-corrected chi connectivity index (χ3v) is 6.03. The highest BCUT2D eigenvalue weighted by molar-refractivity contribution is 5.77. The van der Waals surface area contributed by atoms with Crippen molar-refractivity contribution in [2.75, 3.05) is 6.54 Å². The number of amides is 1. The van der Waals surface area contributed by atoms with Gasteiger partial charge in [-0.25, -0.2) is 13.2 Å². The highest BCUT2D eigenvalue weighted by Gasteiger charge is 2.67. The number of benzene rings is 1. The third kappa shape index (κ3) is 5.57. The molecule has 4 rings (SSSR count). The highest BCUT2D eigenvalue weighted by atomic mass is 19.4. The third-order valence-electron chi connectivity index (χ3n) is 6.03. The summed E-state index contributed by atoms with van der Waals surface area (Å²) in [7, 11) is 0. The van der Waals surface area contributed by atoms with E-state index in [2.05, 4.69) is 10.1 Å². The molecule has 1 amide bonds. The van der Waals surface area contributed by atoms with Gasteiger partial charge < -0.3 is 20.3 Å². The maximum atomic E-state index is 13.8. The molecule has 1 saturated carbocycles. The summed E-state index contributed by atoms with van der Waals surface area (Å²) in [6.07, 6.45) is -4.14. The van der Waals surface area contributed by atoms with Crippen molar-refractivity contribution >= 4 is 12.4 Å². The van der Waals surface area contributed by atoms with Gasteiger partial charge in [0, 0.05) is 25.1 Å². The second-order valence-electron chi connectivity index (χ2n) is 8.41. The minimum absolute atomic E-state index is 0.0680. The first-order valence-electron chi connectivity index (χ1n) is 10.6. The summed E-state index contributed by atoms with van der Waals surface area (Å²) >= 11 is 0. The second kappa shape index (κ2) is 10.2. The molecule has 192 valence electrons. The Labute approximate surface area is 195 Å². The summed E-state index contributed by atoms with van der Waals surface area (Å²) in [6.45, 7) is 0.0673. The maximum Gasteiger partial charge on any atom is 0.401 e. The molecule has 1 aliphatic carbocycles. The topological polar surface area (TPSA) is 123 Å². The number of carboxylic acid groups (broad SMARTS) is 1. The van der Waals surface area contributed by atoms with Crippen LogP contribution in [0, 0.1) is 17.5 Å². The van der Waals surface area contributed by atoms with Crippen molar-refractivity contribution in [3.63, 3.8) is 0 Å². The smallest absolute Gasteiger partial charge is 0.401 e. The molecule has 2 fully saturated rings. The first-order chi connectivity index (χ1) is 16.4. The van der Waals surface area contributed by atoms with Crippen molar-refractivity contribution in [1.82, 2.24) is 15.0 Å². The first kappa shape index (κ1) is 26.4. The molecule has 1 aromatic carbocycles. The van der Waals surface area contributed by atoms with Gasteiger partial charge in [-0.05, 0) is 43.7 Å². The predicted octanol–water partition coefficient (Wildman–Crippen LogP) is 3.41. The molecule has 1 aromatic heterocycles. The van der Waals surface area contributed by atoms with Crippen LogP contribution in [0.25, 0.3) is 0 Å². The fourth-order valence-corrected chi connectivity index (χ4v) is 4.06. The van der Waals surface area contributed by atoms with Gasteiger partial charge in [0.15, 0.2) is 17.5 Å². The zero-order chi connectivity index (χ0) is 26.0. The van der Waals surface area contributed by atoms with E-state index in [0.717, 1.165) is 0 Å². The Hall–Kier alpha value is -3.16. The SMILES string of the molecule is NC(CC(=O)N1CCCC1c1nc(C2(C(F)(F)F)CC2)no1)Cc1cc(F)c(F)cc1F.O=CO. The van der Waals surface area contributed by atoms with Gasteiger partial charge in [0.25, 0.3) is 6.47 Å². The number of likely N-dealkylation sites (tertiary alicyclic amines) is 1. The molecule has 0 radical (unpaired) electrons. The molecule has 1 aliphatic heterocycles. The number of alkyl halides is 3. The van der Waals surface area contributed by atoms with Crippen LogP contribution in [-0.4, -0.2) is 51.3 Å². The minimum Gasteiger partial charge on any atom is -0.483 e. The van der Waals surface area contributed by atoms with E-state index < -0.39 is 52.9 Å². The van der Waals surface area contributed by atoms with Crippen molar-refractivity contribution < 1.29 is 45.6 Å². The Morgan fingerprint density at radius 2 is 1.89 bits per heavy atom. The summed E-state index contributed by atoms with van der Waals surface area (Å²) in [5.41, 5.74) is 3.68. The van der Waals surface area contributed by atoms with Crippen LogP contribution in [0.15, 0.2) is 16.7 Å². The molecule has 2 atom stereocenters. The number of hydrogen-bond donors (Lipinski definition) is 2. The number of halogens is 6. The van der Waals surface area contributed by atoms with Crippen molar-refractivity contribution in [1.29, 1.82) is 0 Å². The lowest BCUT2D eigenvalue weighted by Gasteiger charge is -2.23. The Morgan fingerprint density at radius 3 is 2.49 bits per heavy atom. The molecule has 2 unspecified atom stereocenters. The van der Waals surface area contributed by atoms with E-state index >= 15 is 0 Å². The van der Waals surface area contributed by atoms with Crippen LogP contribution in [0.5, 0.6) is 0 Å². The number of nitrogens with zero attached hydrogens (tertiary/aromatic N) is 3. The largest absolute Gasteiger partial charge is 0.483 e. The summed E-state index contributed by atoms with van der Waals surface area (Å²) in [4.78, 5) is 26.5. The molecule has 14 heteroatoms. The van der Waals surface area contributed by atoms with Gasteiger partial charge in [-0.3, -0.25) is 9.59 Å². The van der Waals surface area contributed by atoms with Gasteiger partial charge in [-0.15, -0.1) is 0 Å². The molecule has 3 N–H and O–H groups in total. The predicted molar refractivity (Wildman–Crippen MR) is 106 cm³/mol. The molecule has 0 bridgehead atoms. The van der Waals surface area contributed by atoms with E-state index in [9.17, 15) is 31.1 Å². The summed E-state index contributed by atoms with van der Waals surface area (Å²) in [6, 6.07) is -0.459. The van der Waals surface area contributed by atoms with Crippen LogP contribution in [0.4, 0.5) is 26.3 Å². The molecule has 2 aromatic rings. The number of hydrogen-bond acceptors (Lipinski definition) is 6. The van der Waals surface area contributed by atoms with Crippen LogP contribution in [0.2, 0.25) is 0 Å². The molecule has 2 aliphatic rings. The normalized spacial score (nSPS) is 19.6. The van der Waals surface area contributed by atoms with Gasteiger partial charge in [-0.2, -0.15) is 18.2 Å². The van der Waals surface area contributed by atoms with Crippen LogP contribution in [0.3, 0.4) is 0 Å². The Balaban J connectivity index is 0.00000108. The number of nitrogens with two attached hydrogens (primary N) is 1. The minimum atomic E-state index is -4.48. The summed E-state index contributed by atoms with van der Waals surface area (Å²) < 4.78 is 85.3. The van der Waals surface area contributed by atoms with Gasteiger partial charge >= 0.3 is 6.18 Å². The van der Waals surface area contributed by atoms with E-state index in [1.54, 1.807) is 0 Å². The summed E-state index contributed by atoms with van der Waals surface area (Å²) in [5, 5.41) is 10.4. The molecule has 35 heavy (non-hydrogen) atoms. The van der Waals surface area contributed by atoms with E-state index in [1.807, 2.05) is 0 Å². The standard InChI is InChI=1S/C20H20F6N4O2.CH2O2/c21-12-9-14(23)13(22)7-10(12)6-11(27)8-16(31)30-5-1-2-15(30)17-28-18(29-32-17)19(3-4-19)20(24,25)26;2-1-3/h7,9,11,15H,1-6,8,27H2;1H,(H,2,3). The Morgan fingerprint density at radius 1 is 1.26 bits per heavy atom. The van der Waals surface area contributed by atoms with E-state index in [0.29, 0.717) is 31.5 Å². The molecule has 0 spiro atoms. The number of carbonyl (C=O) groups is 2. The lowest BCUT2D eigenvalue weighted by molar-refractivity contribution is -0.162. The monoisotopic (exact) mass is 508 g/mol. The zero-order valence-electron chi connectivity index (χ0n) is 18.2. The molecule has 8 nitrogen and oxygen atoms in total. The van der Waals surface area contributed by atoms with Crippen molar-refractivity contribution in [3.05, 3.63) is 46.9 Å². The van der Waals surface area contributed by atoms with Crippen LogP contribution in [0.1, 0.15) is 55.4 Å². The lowest BCUT2D eigenvalue weighted by atomic mass is 10.0. The van der Waals surface area contributed by atoms with Gasteiger partial charge in [0.05, 0.1) is 0 Å². The quantitative estimate of drug-likeness (QED) is 0.348. The highest BCUT2D eigenvalue weighted by Crippen LogP contribution is 2.58. The van der Waals surface area contributed by atoms with E-state index in [1.165, 1.54) is 4.90 Å². The van der Waals surface area contributed by atoms with Crippen molar-refractivity contribution in [2.24, 2.45) is 5.73 Å². The average molecular weight is 508 g/mol. The maximum absolute atomic E-state index is 13.8. The number of carbonyl (C=O) groups excluding carboxylic acids is 1. The Kier molecular flexibility index (Phi) is 7.72. The molecular formula is C21H22F6N4O4. The van der Waals surface area contributed by atoms with Gasteiger partial charge in [-0.1, -0.05) is 5.16 Å². The zero-order valence-corrected chi connectivity index (χ0v) is 18.2. The average Bonchev–Trinajstić information content (AvgIpc) is 3.21. The molecule has 1 saturated heterocycles. The van der Waals surface area contributed by atoms with E-state index in [-0.39, 0.29) is 43.6 Å². The van der Waals surface area contributed by atoms with Gasteiger partial charge in [0.1, 0.15) is 17.3 Å². The second-order valence-corrected chi connectivity index (χ2v) is 8.41. The Bertz CT molecular complexity index is 1070. The number of aromatic nitrogens is 2. The fourth-order valence-electron chi connectivity index (χ4n) is 4.06. The van der Waals surface area contributed by atoms with Gasteiger partial charge in [0.2, 0.25) is 11.8 Å². The molecule has 2 heterocycles. The van der Waals surface area contributed by atoms with Crippen LogP contribution < -0.4 is 5.73 Å². The number of rotatable bonds is 6. The fraction of sp³-hybridized carbons (Fsp3) is 0.524. The van der Waals surface area contributed by atoms with Crippen LogP contribution in [-0.2, 0) is 21.4 Å². The first-order valence-corrected chi connectivity index (χ1v) is 10.6. The van der Waals surface area contributed by atoms with Crippen molar-refractivity contribution in [3.8, 4) is 0 Å².